The summed E-state index contributed by atoms with van der Waals surface area (Å²) >= 11 is 0. The first-order valence-electron chi connectivity index (χ1n) is 13.8. The molecule has 3 aromatic heterocycles. The van der Waals surface area contributed by atoms with Gasteiger partial charge < -0.3 is 24.4 Å². The second-order valence-electron chi connectivity index (χ2n) is 11.8. The fourth-order valence-electron chi connectivity index (χ4n) is 5.87. The number of anilines is 2. The van der Waals surface area contributed by atoms with Crippen molar-refractivity contribution in [2.45, 2.75) is 25.7 Å². The lowest BCUT2D eigenvalue weighted by Gasteiger charge is -2.56. The molecule has 1 N–H and O–H groups in total. The van der Waals surface area contributed by atoms with Gasteiger partial charge in [-0.2, -0.15) is 10.1 Å². The fraction of sp³-hybridized carbons (Fsp3) is 0.414. The van der Waals surface area contributed by atoms with Crippen LogP contribution in [0.2, 0.25) is 0 Å². The van der Waals surface area contributed by atoms with E-state index in [1.807, 2.05) is 48.4 Å². The molecule has 0 radical (unpaired) electrons. The highest BCUT2D eigenvalue weighted by Gasteiger charge is 2.49. The average molecular weight is 540 g/mol. The standard InChI is InChI=1S/C29H29N7O4/c1-17-2-3-19(25-32-27(40-33-25)20-11-34(12-20)28(38)18-4-5-18)8-23(17)31-26(37)22-10-30-36-7-6-21(9-24(22)36)35-13-29(14-35)15-39-16-29/h2-3,6-10,18,20H,4-5,11-16H2,1H3,(H,31,37). The molecule has 0 bridgehead atoms. The number of hydrogen-bond acceptors (Lipinski definition) is 8. The summed E-state index contributed by atoms with van der Waals surface area (Å²) in [4.78, 5) is 34.4. The summed E-state index contributed by atoms with van der Waals surface area (Å²) in [5.41, 5.74) is 4.98. The second-order valence-corrected chi connectivity index (χ2v) is 11.8. The Labute approximate surface area is 230 Å². The maximum absolute atomic E-state index is 13.4. The molecule has 0 unspecified atom stereocenters. The number of likely N-dealkylation sites (tertiary alicyclic amines) is 1. The van der Waals surface area contributed by atoms with Gasteiger partial charge in [-0.25, -0.2) is 4.52 Å². The van der Waals surface area contributed by atoms with Gasteiger partial charge in [-0.05, 0) is 43.5 Å². The molecule has 1 saturated carbocycles. The zero-order valence-electron chi connectivity index (χ0n) is 22.2. The zero-order chi connectivity index (χ0) is 27.0. The molecule has 4 aromatic rings. The summed E-state index contributed by atoms with van der Waals surface area (Å²) in [5.74, 6) is 1.30. The molecule has 0 atom stereocenters. The Hall–Kier alpha value is -4.25. The number of rotatable bonds is 6. The number of aryl methyl sites for hydroxylation is 1. The third-order valence-corrected chi connectivity index (χ3v) is 8.64. The van der Waals surface area contributed by atoms with E-state index in [-0.39, 0.29) is 23.7 Å². The van der Waals surface area contributed by atoms with Crippen molar-refractivity contribution in [1.82, 2.24) is 24.7 Å². The van der Waals surface area contributed by atoms with Gasteiger partial charge in [0.05, 0.1) is 41.8 Å². The first kappa shape index (κ1) is 23.6. The van der Waals surface area contributed by atoms with Crippen LogP contribution in [0.5, 0.6) is 0 Å². The number of carbonyl (C=O) groups excluding carboxylic acids is 2. The number of nitrogens with one attached hydrogen (secondary N) is 1. The normalized spacial score (nSPS) is 19.8. The lowest BCUT2D eigenvalue weighted by Crippen LogP contribution is -2.66. The molecule has 11 nitrogen and oxygen atoms in total. The van der Waals surface area contributed by atoms with E-state index in [0.29, 0.717) is 41.5 Å². The van der Waals surface area contributed by atoms with Crippen molar-refractivity contribution in [3.63, 3.8) is 0 Å². The van der Waals surface area contributed by atoms with E-state index in [2.05, 4.69) is 25.5 Å². The fourth-order valence-corrected chi connectivity index (χ4v) is 5.87. The first-order chi connectivity index (χ1) is 19.4. The zero-order valence-corrected chi connectivity index (χ0v) is 22.2. The molecule has 3 saturated heterocycles. The summed E-state index contributed by atoms with van der Waals surface area (Å²) in [6, 6.07) is 9.77. The van der Waals surface area contributed by atoms with Gasteiger partial charge in [0.2, 0.25) is 17.6 Å². The van der Waals surface area contributed by atoms with Crippen molar-refractivity contribution >= 4 is 28.7 Å². The van der Waals surface area contributed by atoms with E-state index in [1.54, 1.807) is 10.7 Å². The van der Waals surface area contributed by atoms with E-state index >= 15 is 0 Å². The lowest BCUT2D eigenvalue weighted by molar-refractivity contribution is -0.137. The minimum absolute atomic E-state index is 0.0675. The highest BCUT2D eigenvalue weighted by atomic mass is 16.5. The molecule has 6 heterocycles. The maximum Gasteiger partial charge on any atom is 0.259 e. The smallest absolute Gasteiger partial charge is 0.259 e. The van der Waals surface area contributed by atoms with Crippen LogP contribution < -0.4 is 10.2 Å². The SMILES string of the molecule is Cc1ccc(-c2noc(C3CN(C(=O)C4CC4)C3)n2)cc1NC(=O)c1cnn2ccc(N3CC4(COC4)C3)cc12. The van der Waals surface area contributed by atoms with E-state index < -0.39 is 0 Å². The van der Waals surface area contributed by atoms with E-state index in [0.717, 1.165) is 61.5 Å². The van der Waals surface area contributed by atoms with Crippen LogP contribution in [0.4, 0.5) is 11.4 Å². The van der Waals surface area contributed by atoms with Crippen LogP contribution in [0.25, 0.3) is 16.9 Å². The van der Waals surface area contributed by atoms with Gasteiger partial charge in [0.15, 0.2) is 0 Å². The molecular weight excluding hydrogens is 510 g/mol. The summed E-state index contributed by atoms with van der Waals surface area (Å²) in [6.07, 6.45) is 5.51. The quantitative estimate of drug-likeness (QED) is 0.397. The minimum Gasteiger partial charge on any atom is -0.380 e. The Morgan fingerprint density at radius 3 is 2.67 bits per heavy atom. The molecule has 4 fully saturated rings. The number of fused-ring (bicyclic) bond motifs is 1. The van der Waals surface area contributed by atoms with Crippen molar-refractivity contribution in [3.05, 3.63) is 59.7 Å². The van der Waals surface area contributed by atoms with Crippen molar-refractivity contribution in [1.29, 1.82) is 0 Å². The Balaban J connectivity index is 0.981. The van der Waals surface area contributed by atoms with Crippen molar-refractivity contribution in [2.24, 2.45) is 11.3 Å². The van der Waals surface area contributed by atoms with Crippen LogP contribution in [-0.4, -0.2) is 75.9 Å². The highest BCUT2D eigenvalue weighted by Crippen LogP contribution is 2.40. The minimum atomic E-state index is -0.233. The van der Waals surface area contributed by atoms with E-state index in [1.165, 1.54) is 0 Å². The van der Waals surface area contributed by atoms with Gasteiger partial charge in [0.1, 0.15) is 0 Å². The summed E-state index contributed by atoms with van der Waals surface area (Å²) in [6.45, 7) is 6.80. The monoisotopic (exact) mass is 539 g/mol. The molecule has 1 aliphatic carbocycles. The molecule has 2 amide bonds. The molecule has 8 rings (SSSR count). The van der Waals surface area contributed by atoms with Crippen molar-refractivity contribution in [2.75, 3.05) is 49.6 Å². The number of amides is 2. The van der Waals surface area contributed by atoms with Gasteiger partial charge in [-0.15, -0.1) is 0 Å². The van der Waals surface area contributed by atoms with E-state index in [9.17, 15) is 9.59 Å². The topological polar surface area (TPSA) is 118 Å². The second kappa shape index (κ2) is 8.62. The molecule has 1 aromatic carbocycles. The van der Waals surface area contributed by atoms with E-state index in [4.69, 9.17) is 9.26 Å². The summed E-state index contributed by atoms with van der Waals surface area (Å²) < 4.78 is 12.7. The lowest BCUT2D eigenvalue weighted by atomic mass is 9.78. The molecule has 40 heavy (non-hydrogen) atoms. The van der Waals surface area contributed by atoms with Gasteiger partial charge in [0.25, 0.3) is 5.91 Å². The van der Waals surface area contributed by atoms with Crippen LogP contribution in [-0.2, 0) is 9.53 Å². The van der Waals surface area contributed by atoms with Crippen LogP contribution >= 0.6 is 0 Å². The summed E-state index contributed by atoms with van der Waals surface area (Å²) in [5, 5.41) is 11.6. The first-order valence-corrected chi connectivity index (χ1v) is 13.8. The van der Waals surface area contributed by atoms with Crippen molar-refractivity contribution in [3.8, 4) is 11.4 Å². The Morgan fingerprint density at radius 2 is 1.93 bits per heavy atom. The number of ether oxygens (including phenoxy) is 1. The predicted octanol–water partition coefficient (Wildman–Crippen LogP) is 3.12. The molecule has 3 aliphatic heterocycles. The van der Waals surface area contributed by atoms with Gasteiger partial charge in [-0.3, -0.25) is 9.59 Å². The Morgan fingerprint density at radius 1 is 1.10 bits per heavy atom. The van der Waals surface area contributed by atoms with Crippen LogP contribution in [0.3, 0.4) is 0 Å². The molecule has 11 heteroatoms. The third-order valence-electron chi connectivity index (χ3n) is 8.64. The van der Waals surface area contributed by atoms with Crippen LogP contribution in [0.15, 0.2) is 47.2 Å². The number of carbonyl (C=O) groups is 2. The van der Waals surface area contributed by atoms with Crippen LogP contribution in [0, 0.1) is 18.3 Å². The molecule has 204 valence electrons. The van der Waals surface area contributed by atoms with Gasteiger partial charge >= 0.3 is 0 Å². The van der Waals surface area contributed by atoms with Gasteiger partial charge in [-0.1, -0.05) is 17.3 Å². The van der Waals surface area contributed by atoms with Gasteiger partial charge in [0, 0.05) is 55.2 Å². The molecule has 1 spiro atoms. The average Bonchev–Trinajstić information content (AvgIpc) is 3.46. The van der Waals surface area contributed by atoms with Crippen molar-refractivity contribution < 1.29 is 18.8 Å². The predicted molar refractivity (Wildman–Crippen MR) is 145 cm³/mol. The third kappa shape index (κ3) is 3.87. The number of hydrogen-bond donors (Lipinski definition) is 1. The summed E-state index contributed by atoms with van der Waals surface area (Å²) in [7, 11) is 0. The van der Waals surface area contributed by atoms with Crippen LogP contribution in [0.1, 0.15) is 40.6 Å². The highest BCUT2D eigenvalue weighted by molar-refractivity contribution is 6.09. The molecule has 4 aliphatic rings. The molecular formula is C29H29N7O4. The Kier molecular flexibility index (Phi) is 5.09. The maximum atomic E-state index is 13.4. The number of aromatic nitrogens is 4. The largest absolute Gasteiger partial charge is 0.380 e. The Bertz CT molecular complexity index is 1650. The number of benzene rings is 1. The number of nitrogens with zero attached hydrogens (tertiary/aromatic N) is 6. The number of pyridine rings is 1.